The van der Waals surface area contributed by atoms with Crippen molar-refractivity contribution in [3.05, 3.63) is 35.4 Å². The van der Waals surface area contributed by atoms with E-state index in [2.05, 4.69) is 9.44 Å². The third kappa shape index (κ3) is 8.80. The van der Waals surface area contributed by atoms with Gasteiger partial charge in [-0.25, -0.2) is 26.3 Å². The SMILES string of the molecule is CCCS(=O)(=O)NCCc1cccc(C(C)CNS(=O)(=O)CCC)c1. The minimum atomic E-state index is -3.21. The highest BCUT2D eigenvalue weighted by Crippen LogP contribution is 2.16. The van der Waals surface area contributed by atoms with Gasteiger partial charge in [-0.2, -0.15) is 0 Å². The first-order chi connectivity index (χ1) is 11.7. The Balaban J connectivity index is 2.59. The molecule has 0 saturated heterocycles. The predicted molar refractivity (Wildman–Crippen MR) is 103 cm³/mol. The Hall–Kier alpha value is -0.960. The van der Waals surface area contributed by atoms with Gasteiger partial charge in [-0.3, -0.25) is 0 Å². The summed E-state index contributed by atoms with van der Waals surface area (Å²) in [5, 5.41) is 0. The molecule has 0 spiro atoms. The lowest BCUT2D eigenvalue weighted by molar-refractivity contribution is 0.573. The van der Waals surface area contributed by atoms with Crippen LogP contribution in [0.15, 0.2) is 24.3 Å². The lowest BCUT2D eigenvalue weighted by Crippen LogP contribution is -2.29. The van der Waals surface area contributed by atoms with Crippen molar-refractivity contribution in [1.82, 2.24) is 9.44 Å². The molecule has 0 saturated carbocycles. The van der Waals surface area contributed by atoms with E-state index in [0.29, 0.717) is 32.4 Å². The summed E-state index contributed by atoms with van der Waals surface area (Å²) in [6, 6.07) is 7.84. The molecule has 144 valence electrons. The van der Waals surface area contributed by atoms with Crippen LogP contribution in [0.5, 0.6) is 0 Å². The zero-order valence-electron chi connectivity index (χ0n) is 15.3. The van der Waals surface area contributed by atoms with Crippen LogP contribution in [0.3, 0.4) is 0 Å². The number of sulfonamides is 2. The second kappa shape index (κ2) is 10.3. The quantitative estimate of drug-likeness (QED) is 0.571. The van der Waals surface area contributed by atoms with Crippen LogP contribution in [0, 0.1) is 0 Å². The smallest absolute Gasteiger partial charge is 0.211 e. The first-order valence-electron chi connectivity index (χ1n) is 8.72. The minimum Gasteiger partial charge on any atom is -0.215 e. The van der Waals surface area contributed by atoms with Crippen LogP contribution in [-0.4, -0.2) is 41.4 Å². The molecule has 0 amide bonds. The fraction of sp³-hybridized carbons (Fsp3) is 0.647. The summed E-state index contributed by atoms with van der Waals surface area (Å²) in [4.78, 5) is 0. The van der Waals surface area contributed by atoms with Crippen molar-refractivity contribution >= 4 is 20.0 Å². The van der Waals surface area contributed by atoms with Crippen molar-refractivity contribution in [2.45, 2.75) is 46.0 Å². The molecule has 0 aliphatic heterocycles. The molecule has 1 unspecified atom stereocenters. The second-order valence-electron chi connectivity index (χ2n) is 6.28. The lowest BCUT2D eigenvalue weighted by atomic mass is 9.98. The highest BCUT2D eigenvalue weighted by Gasteiger charge is 2.13. The van der Waals surface area contributed by atoms with Gasteiger partial charge >= 0.3 is 0 Å². The van der Waals surface area contributed by atoms with E-state index < -0.39 is 20.0 Å². The van der Waals surface area contributed by atoms with Crippen LogP contribution in [0.2, 0.25) is 0 Å². The predicted octanol–water partition coefficient (Wildman–Crippen LogP) is 1.99. The van der Waals surface area contributed by atoms with Gasteiger partial charge in [0.05, 0.1) is 11.5 Å². The summed E-state index contributed by atoms with van der Waals surface area (Å²) in [5.41, 5.74) is 2.06. The molecule has 2 N–H and O–H groups in total. The average molecular weight is 391 g/mol. The van der Waals surface area contributed by atoms with Gasteiger partial charge in [0.1, 0.15) is 0 Å². The highest BCUT2D eigenvalue weighted by molar-refractivity contribution is 7.89. The fourth-order valence-corrected chi connectivity index (χ4v) is 4.74. The standard InChI is InChI=1S/C17H30N2O4S2/c1-4-11-24(20,21)18-10-9-16-7-6-8-17(13-16)15(3)14-19-25(22,23)12-5-2/h6-8,13,15,18-19H,4-5,9-12,14H2,1-3H3. The van der Waals surface area contributed by atoms with Gasteiger partial charge in [0.15, 0.2) is 0 Å². The van der Waals surface area contributed by atoms with E-state index in [1.807, 2.05) is 45.0 Å². The van der Waals surface area contributed by atoms with E-state index in [1.165, 1.54) is 0 Å². The van der Waals surface area contributed by atoms with E-state index in [4.69, 9.17) is 0 Å². The Bertz CT molecular complexity index is 731. The summed E-state index contributed by atoms with van der Waals surface area (Å²) in [6.07, 6.45) is 1.79. The summed E-state index contributed by atoms with van der Waals surface area (Å²) < 4.78 is 52.0. The van der Waals surface area contributed by atoms with Gasteiger partial charge in [-0.15, -0.1) is 0 Å². The summed E-state index contributed by atoms with van der Waals surface area (Å²) >= 11 is 0. The molecular weight excluding hydrogens is 360 g/mol. The molecule has 1 atom stereocenters. The lowest BCUT2D eigenvalue weighted by Gasteiger charge is -2.14. The number of hydrogen-bond donors (Lipinski definition) is 2. The molecule has 1 aromatic rings. The van der Waals surface area contributed by atoms with Crippen LogP contribution in [0.1, 0.15) is 50.7 Å². The molecular formula is C17H30N2O4S2. The second-order valence-corrected chi connectivity index (χ2v) is 10.1. The first kappa shape index (κ1) is 22.1. The number of nitrogens with one attached hydrogen (secondary N) is 2. The van der Waals surface area contributed by atoms with Crippen LogP contribution in [-0.2, 0) is 26.5 Å². The van der Waals surface area contributed by atoms with E-state index in [0.717, 1.165) is 11.1 Å². The molecule has 0 aliphatic rings. The number of hydrogen-bond acceptors (Lipinski definition) is 4. The molecule has 0 bridgehead atoms. The van der Waals surface area contributed by atoms with E-state index in [-0.39, 0.29) is 17.4 Å². The Labute approximate surface area is 152 Å². The maximum Gasteiger partial charge on any atom is 0.211 e. The van der Waals surface area contributed by atoms with Gasteiger partial charge in [0.2, 0.25) is 20.0 Å². The Morgan fingerprint density at radius 1 is 0.960 bits per heavy atom. The van der Waals surface area contributed by atoms with E-state index in [9.17, 15) is 16.8 Å². The highest BCUT2D eigenvalue weighted by atomic mass is 32.2. The maximum absolute atomic E-state index is 11.7. The molecule has 0 fully saturated rings. The number of benzene rings is 1. The Kier molecular flexibility index (Phi) is 9.06. The molecule has 1 rings (SSSR count). The van der Waals surface area contributed by atoms with Gasteiger partial charge < -0.3 is 0 Å². The minimum absolute atomic E-state index is 0.0448. The first-order valence-corrected chi connectivity index (χ1v) is 12.0. The summed E-state index contributed by atoms with van der Waals surface area (Å²) in [7, 11) is -6.39. The van der Waals surface area contributed by atoms with Crippen molar-refractivity contribution in [1.29, 1.82) is 0 Å². The summed E-state index contributed by atoms with van der Waals surface area (Å²) in [5.74, 6) is 0.322. The zero-order chi connectivity index (χ0) is 18.9. The van der Waals surface area contributed by atoms with E-state index >= 15 is 0 Å². The maximum atomic E-state index is 11.7. The van der Waals surface area contributed by atoms with Crippen LogP contribution in [0.25, 0.3) is 0 Å². The molecule has 8 heteroatoms. The average Bonchev–Trinajstić information content (AvgIpc) is 2.52. The van der Waals surface area contributed by atoms with Crippen molar-refractivity contribution in [2.24, 2.45) is 0 Å². The molecule has 6 nitrogen and oxygen atoms in total. The van der Waals surface area contributed by atoms with Crippen molar-refractivity contribution in [2.75, 3.05) is 24.6 Å². The number of rotatable bonds is 12. The monoisotopic (exact) mass is 390 g/mol. The zero-order valence-corrected chi connectivity index (χ0v) is 16.9. The molecule has 25 heavy (non-hydrogen) atoms. The van der Waals surface area contributed by atoms with Crippen LogP contribution >= 0.6 is 0 Å². The van der Waals surface area contributed by atoms with Crippen molar-refractivity contribution in [3.8, 4) is 0 Å². The van der Waals surface area contributed by atoms with Crippen LogP contribution < -0.4 is 9.44 Å². The van der Waals surface area contributed by atoms with Gasteiger partial charge in [0, 0.05) is 13.1 Å². The fourth-order valence-electron chi connectivity index (χ4n) is 2.46. The summed E-state index contributed by atoms with van der Waals surface area (Å²) in [6.45, 7) is 6.36. The third-order valence-electron chi connectivity index (χ3n) is 3.81. The molecule has 0 radical (unpaired) electrons. The Morgan fingerprint density at radius 3 is 2.16 bits per heavy atom. The Morgan fingerprint density at radius 2 is 1.56 bits per heavy atom. The normalized spacial score (nSPS) is 13.7. The third-order valence-corrected chi connectivity index (χ3v) is 6.95. The van der Waals surface area contributed by atoms with Gasteiger partial charge in [0.25, 0.3) is 0 Å². The largest absolute Gasteiger partial charge is 0.215 e. The van der Waals surface area contributed by atoms with Crippen LogP contribution in [0.4, 0.5) is 0 Å². The molecule has 0 aromatic heterocycles. The van der Waals surface area contributed by atoms with Crippen molar-refractivity contribution < 1.29 is 16.8 Å². The van der Waals surface area contributed by atoms with E-state index in [1.54, 1.807) is 0 Å². The van der Waals surface area contributed by atoms with Crippen molar-refractivity contribution in [3.63, 3.8) is 0 Å². The molecule has 0 aliphatic carbocycles. The molecule has 1 aromatic carbocycles. The molecule has 0 heterocycles. The van der Waals surface area contributed by atoms with Gasteiger partial charge in [-0.1, -0.05) is 45.0 Å². The topological polar surface area (TPSA) is 92.3 Å². The van der Waals surface area contributed by atoms with Gasteiger partial charge in [-0.05, 0) is 36.3 Å².